The van der Waals surface area contributed by atoms with Gasteiger partial charge in [-0.2, -0.15) is 0 Å². The first-order chi connectivity index (χ1) is 10.1. The summed E-state index contributed by atoms with van der Waals surface area (Å²) in [6.45, 7) is 5.08. The molecule has 110 valence electrons. The molecule has 0 aliphatic carbocycles. The number of rotatable bonds is 2. The van der Waals surface area contributed by atoms with Gasteiger partial charge >= 0.3 is 0 Å². The molecule has 2 aromatic rings. The second-order valence-electron chi connectivity index (χ2n) is 5.64. The predicted molar refractivity (Wildman–Crippen MR) is 81.5 cm³/mol. The third kappa shape index (κ3) is 2.95. The third-order valence-corrected chi connectivity index (χ3v) is 4.07. The molecule has 2 heterocycles. The molecule has 1 unspecified atom stereocenters. The van der Waals surface area contributed by atoms with Gasteiger partial charge in [0.15, 0.2) is 5.82 Å². The first-order valence-electron chi connectivity index (χ1n) is 7.49. The number of aryl methyl sites for hydroxylation is 2. The molecule has 21 heavy (non-hydrogen) atoms. The quantitative estimate of drug-likeness (QED) is 0.914. The summed E-state index contributed by atoms with van der Waals surface area (Å²) in [4.78, 5) is 9.21. The number of piperidine rings is 1. The summed E-state index contributed by atoms with van der Waals surface area (Å²) in [5.74, 6) is 0.341. The lowest BCUT2D eigenvalue weighted by Crippen LogP contribution is -2.28. The Morgan fingerprint density at radius 3 is 2.52 bits per heavy atom. The van der Waals surface area contributed by atoms with Crippen molar-refractivity contribution in [2.75, 3.05) is 6.54 Å². The number of benzene rings is 1. The number of nitrogens with zero attached hydrogens (tertiary/aromatic N) is 2. The largest absolute Gasteiger partial charge is 0.310 e. The number of nitrogens with one attached hydrogen (secondary N) is 1. The Balaban J connectivity index is 1.99. The highest BCUT2D eigenvalue weighted by Gasteiger charge is 2.21. The summed E-state index contributed by atoms with van der Waals surface area (Å²) in [5, 5.41) is 3.55. The second kappa shape index (κ2) is 5.90. The van der Waals surface area contributed by atoms with Crippen LogP contribution in [-0.4, -0.2) is 16.5 Å². The molecule has 0 amide bonds. The van der Waals surface area contributed by atoms with Gasteiger partial charge < -0.3 is 5.32 Å². The minimum Gasteiger partial charge on any atom is -0.310 e. The van der Waals surface area contributed by atoms with E-state index in [9.17, 15) is 4.39 Å². The lowest BCUT2D eigenvalue weighted by molar-refractivity contribution is 0.408. The van der Waals surface area contributed by atoms with E-state index >= 15 is 0 Å². The molecule has 1 aromatic heterocycles. The lowest BCUT2D eigenvalue weighted by atomic mass is 9.95. The van der Waals surface area contributed by atoms with Crippen LogP contribution in [0.15, 0.2) is 24.3 Å². The van der Waals surface area contributed by atoms with Gasteiger partial charge in [-0.3, -0.25) is 0 Å². The molecule has 1 atom stereocenters. The monoisotopic (exact) mass is 285 g/mol. The molecule has 0 spiro atoms. The number of hydrogen-bond acceptors (Lipinski definition) is 3. The summed E-state index contributed by atoms with van der Waals surface area (Å²) in [6, 6.07) is 6.79. The van der Waals surface area contributed by atoms with Crippen LogP contribution in [0.2, 0.25) is 0 Å². The van der Waals surface area contributed by atoms with Crippen LogP contribution >= 0.6 is 0 Å². The summed E-state index contributed by atoms with van der Waals surface area (Å²) < 4.78 is 13.4. The normalized spacial score (nSPS) is 18.7. The van der Waals surface area contributed by atoms with Crippen molar-refractivity contribution in [1.29, 1.82) is 0 Å². The maximum Gasteiger partial charge on any atom is 0.159 e. The predicted octanol–water partition coefficient (Wildman–Crippen LogP) is 3.71. The zero-order chi connectivity index (χ0) is 14.8. The molecule has 1 aliphatic rings. The fourth-order valence-electron chi connectivity index (χ4n) is 3.08. The molecule has 1 saturated heterocycles. The first-order valence-corrected chi connectivity index (χ1v) is 7.49. The Labute approximate surface area is 124 Å². The van der Waals surface area contributed by atoms with Gasteiger partial charge in [-0.25, -0.2) is 14.4 Å². The molecule has 4 heteroatoms. The number of halogens is 1. The highest BCUT2D eigenvalue weighted by atomic mass is 19.1. The van der Waals surface area contributed by atoms with E-state index in [2.05, 4.69) is 15.3 Å². The van der Waals surface area contributed by atoms with E-state index in [-0.39, 0.29) is 5.82 Å². The van der Waals surface area contributed by atoms with Gasteiger partial charge in [0, 0.05) is 28.6 Å². The number of aromatic nitrogens is 2. The van der Waals surface area contributed by atoms with Gasteiger partial charge in [0.25, 0.3) is 0 Å². The van der Waals surface area contributed by atoms with Crippen LogP contribution in [-0.2, 0) is 0 Å². The van der Waals surface area contributed by atoms with Gasteiger partial charge in [-0.15, -0.1) is 0 Å². The zero-order valence-electron chi connectivity index (χ0n) is 12.5. The van der Waals surface area contributed by atoms with Gasteiger partial charge in [0.05, 0.1) is 0 Å². The second-order valence-corrected chi connectivity index (χ2v) is 5.64. The Kier molecular flexibility index (Phi) is 3.97. The molecular formula is C17H20FN3. The van der Waals surface area contributed by atoms with Gasteiger partial charge in [-0.1, -0.05) is 18.6 Å². The van der Waals surface area contributed by atoms with E-state index in [1.807, 2.05) is 19.9 Å². The van der Waals surface area contributed by atoms with Crippen LogP contribution in [0.25, 0.3) is 11.4 Å². The Morgan fingerprint density at radius 1 is 1.14 bits per heavy atom. The van der Waals surface area contributed by atoms with Crippen molar-refractivity contribution in [1.82, 2.24) is 15.3 Å². The van der Waals surface area contributed by atoms with Crippen molar-refractivity contribution in [3.05, 3.63) is 47.0 Å². The first kappa shape index (κ1) is 14.1. The topological polar surface area (TPSA) is 37.8 Å². The highest BCUT2D eigenvalue weighted by molar-refractivity contribution is 5.56. The zero-order valence-corrected chi connectivity index (χ0v) is 12.5. The van der Waals surface area contributed by atoms with Crippen LogP contribution in [0.3, 0.4) is 0 Å². The van der Waals surface area contributed by atoms with E-state index in [1.165, 1.54) is 30.5 Å². The average molecular weight is 285 g/mol. The fraction of sp³-hybridized carbons (Fsp3) is 0.412. The van der Waals surface area contributed by atoms with Crippen molar-refractivity contribution in [3.63, 3.8) is 0 Å². The van der Waals surface area contributed by atoms with E-state index in [1.54, 1.807) is 6.07 Å². The van der Waals surface area contributed by atoms with Crippen LogP contribution < -0.4 is 5.32 Å². The van der Waals surface area contributed by atoms with Crippen molar-refractivity contribution < 1.29 is 4.39 Å². The third-order valence-electron chi connectivity index (χ3n) is 4.07. The van der Waals surface area contributed by atoms with E-state index in [0.717, 1.165) is 29.9 Å². The molecule has 1 aromatic carbocycles. The molecule has 0 bridgehead atoms. The molecule has 3 nitrogen and oxygen atoms in total. The van der Waals surface area contributed by atoms with Crippen LogP contribution in [0, 0.1) is 19.7 Å². The summed E-state index contributed by atoms with van der Waals surface area (Å²) in [6.07, 6.45) is 3.60. The van der Waals surface area contributed by atoms with Crippen molar-refractivity contribution >= 4 is 0 Å². The highest BCUT2D eigenvalue weighted by Crippen LogP contribution is 2.28. The summed E-state index contributed by atoms with van der Waals surface area (Å²) in [5.41, 5.74) is 3.90. The standard InChI is InChI=1S/C17H20FN3/c1-11-16(15-8-3-4-9-19-15)12(2)21-17(20-11)13-6-5-7-14(18)10-13/h5-7,10,15,19H,3-4,8-9H2,1-2H3. The minimum atomic E-state index is -0.260. The SMILES string of the molecule is Cc1nc(-c2cccc(F)c2)nc(C)c1C1CCCCN1. The molecule has 1 aliphatic heterocycles. The summed E-state index contributed by atoms with van der Waals surface area (Å²) >= 11 is 0. The Hall–Kier alpha value is -1.81. The number of hydrogen-bond donors (Lipinski definition) is 1. The maximum atomic E-state index is 13.4. The molecular weight excluding hydrogens is 265 g/mol. The van der Waals surface area contributed by atoms with Crippen LogP contribution in [0.1, 0.15) is 42.3 Å². The van der Waals surface area contributed by atoms with E-state index < -0.39 is 0 Å². The maximum absolute atomic E-state index is 13.4. The van der Waals surface area contributed by atoms with Gasteiger partial charge in [0.1, 0.15) is 5.82 Å². The molecule has 3 rings (SSSR count). The fourth-order valence-corrected chi connectivity index (χ4v) is 3.08. The smallest absolute Gasteiger partial charge is 0.159 e. The molecule has 0 radical (unpaired) electrons. The van der Waals surface area contributed by atoms with Crippen LogP contribution in [0.4, 0.5) is 4.39 Å². The lowest BCUT2D eigenvalue weighted by Gasteiger charge is -2.26. The van der Waals surface area contributed by atoms with E-state index in [0.29, 0.717) is 11.9 Å². The van der Waals surface area contributed by atoms with Crippen LogP contribution in [0.5, 0.6) is 0 Å². The molecule has 1 N–H and O–H groups in total. The van der Waals surface area contributed by atoms with E-state index in [4.69, 9.17) is 0 Å². The minimum absolute atomic E-state index is 0.260. The van der Waals surface area contributed by atoms with Crippen molar-refractivity contribution in [2.45, 2.75) is 39.2 Å². The van der Waals surface area contributed by atoms with Gasteiger partial charge in [-0.05, 0) is 45.4 Å². The summed E-state index contributed by atoms with van der Waals surface area (Å²) in [7, 11) is 0. The molecule has 1 fully saturated rings. The van der Waals surface area contributed by atoms with Crippen molar-refractivity contribution in [2.24, 2.45) is 0 Å². The Morgan fingerprint density at radius 2 is 1.90 bits per heavy atom. The molecule has 0 saturated carbocycles. The van der Waals surface area contributed by atoms with Crippen molar-refractivity contribution in [3.8, 4) is 11.4 Å². The average Bonchev–Trinajstić information content (AvgIpc) is 2.47. The van der Waals surface area contributed by atoms with Gasteiger partial charge in [0.2, 0.25) is 0 Å². The Bertz CT molecular complexity index is 625.